The van der Waals surface area contributed by atoms with Gasteiger partial charge in [0.15, 0.2) is 48.1 Å². The molecule has 3 aliphatic heterocycles. The van der Waals surface area contributed by atoms with E-state index in [0.717, 1.165) is 86.6 Å². The minimum Gasteiger partial charge on any atom is -0.479 e. The standard InChI is InChI=1S/C41H53NO20/c1-9-14-42-15-10-11-25-16-26-24(17-27(25)42)12-13-28(59-40-36(57-22(6)47)32(55-20(4)45)30(53-18(2)43)34(61-40)38(49)50)29(26)60-41-37(58-23(7)48)33(56-21(5)46)31(54-19(3)44)35(62-41)39(51)52-8/h12-13,25,27,30-37,40-41H,9-11,14-17H2,1-8H3,(H,49,50)/t25-,27-,30+,31+,32+,33+,34+,35+,36-,37-,40-,41-/m1/s1. The average molecular weight is 880 g/mol. The molecule has 4 aliphatic rings. The molecule has 5 rings (SSSR count). The Hall–Kier alpha value is -5.54. The molecule has 21 nitrogen and oxygen atoms in total. The van der Waals surface area contributed by atoms with Gasteiger partial charge in [0.2, 0.25) is 24.8 Å². The van der Waals surface area contributed by atoms with Crippen molar-refractivity contribution in [3.63, 3.8) is 0 Å². The van der Waals surface area contributed by atoms with Gasteiger partial charge in [-0.2, -0.15) is 0 Å². The molecule has 0 aromatic heterocycles. The molecule has 62 heavy (non-hydrogen) atoms. The molecule has 21 heteroatoms. The zero-order chi connectivity index (χ0) is 45.6. The monoisotopic (exact) mass is 879 g/mol. The van der Waals surface area contributed by atoms with Gasteiger partial charge in [0.05, 0.1) is 7.11 Å². The number of piperidine rings is 1. The molecule has 0 radical (unpaired) electrons. The lowest BCUT2D eigenvalue weighted by atomic mass is 9.75. The summed E-state index contributed by atoms with van der Waals surface area (Å²) in [5.41, 5.74) is 1.37. The number of ether oxygens (including phenoxy) is 11. The third-order valence-corrected chi connectivity index (χ3v) is 10.7. The van der Waals surface area contributed by atoms with Gasteiger partial charge in [0, 0.05) is 53.1 Å². The quantitative estimate of drug-likeness (QED) is 0.204. The first-order valence-corrected chi connectivity index (χ1v) is 20.2. The molecule has 3 heterocycles. The second-order valence-corrected chi connectivity index (χ2v) is 15.3. The lowest BCUT2D eigenvalue weighted by Crippen LogP contribution is -2.64. The summed E-state index contributed by atoms with van der Waals surface area (Å²) in [6.45, 7) is 10.0. The Kier molecular flexibility index (Phi) is 15.7. The number of carboxylic acids is 1. The van der Waals surface area contributed by atoms with Crippen LogP contribution in [0.15, 0.2) is 12.1 Å². The molecular weight excluding hydrogens is 826 g/mol. The third kappa shape index (κ3) is 11.1. The topological polar surface area (TPSA) is 262 Å². The van der Waals surface area contributed by atoms with Crippen molar-refractivity contribution in [2.45, 2.75) is 148 Å². The minimum absolute atomic E-state index is 0.0879. The normalized spacial score (nSPS) is 30.5. The highest BCUT2D eigenvalue weighted by molar-refractivity contribution is 5.77. The lowest BCUT2D eigenvalue weighted by Gasteiger charge is -2.46. The minimum atomic E-state index is -2.03. The van der Waals surface area contributed by atoms with E-state index in [1.807, 2.05) is 0 Å². The van der Waals surface area contributed by atoms with Crippen molar-refractivity contribution in [1.29, 1.82) is 0 Å². The second-order valence-electron chi connectivity index (χ2n) is 15.3. The first-order valence-electron chi connectivity index (χ1n) is 20.2. The number of methoxy groups -OCH3 is 1. The Balaban J connectivity index is 1.69. The van der Waals surface area contributed by atoms with Crippen LogP contribution in [0.25, 0.3) is 0 Å². The summed E-state index contributed by atoms with van der Waals surface area (Å²) in [5.74, 6) is -8.49. The summed E-state index contributed by atoms with van der Waals surface area (Å²) in [6, 6.07) is 3.39. The molecule has 0 unspecified atom stereocenters. The Morgan fingerprint density at radius 3 is 1.65 bits per heavy atom. The second kappa shape index (κ2) is 20.6. The first kappa shape index (κ1) is 47.5. The number of rotatable bonds is 14. The first-order chi connectivity index (χ1) is 29.3. The van der Waals surface area contributed by atoms with Gasteiger partial charge in [-0.15, -0.1) is 0 Å². The van der Waals surface area contributed by atoms with Crippen LogP contribution < -0.4 is 9.47 Å². The van der Waals surface area contributed by atoms with Gasteiger partial charge < -0.3 is 57.2 Å². The van der Waals surface area contributed by atoms with Crippen LogP contribution in [0.2, 0.25) is 0 Å². The van der Waals surface area contributed by atoms with Crippen LogP contribution in [-0.2, 0) is 93.8 Å². The fourth-order valence-corrected chi connectivity index (χ4v) is 8.57. The zero-order valence-corrected chi connectivity index (χ0v) is 35.7. The van der Waals surface area contributed by atoms with Gasteiger partial charge in [-0.05, 0) is 62.7 Å². The van der Waals surface area contributed by atoms with E-state index < -0.39 is 109 Å². The maximum absolute atomic E-state index is 13.3. The summed E-state index contributed by atoms with van der Waals surface area (Å²) < 4.78 is 62.7. The highest BCUT2D eigenvalue weighted by Crippen LogP contribution is 2.46. The largest absolute Gasteiger partial charge is 0.479 e. The van der Waals surface area contributed by atoms with Gasteiger partial charge in [-0.25, -0.2) is 9.59 Å². The number of aliphatic carboxylic acids is 1. The van der Waals surface area contributed by atoms with E-state index in [2.05, 4.69) is 11.8 Å². The molecule has 12 atom stereocenters. The predicted octanol–water partition coefficient (Wildman–Crippen LogP) is 1.33. The lowest BCUT2D eigenvalue weighted by molar-refractivity contribution is -0.286. The molecule has 0 saturated carbocycles. The Morgan fingerprint density at radius 1 is 0.661 bits per heavy atom. The van der Waals surface area contributed by atoms with Gasteiger partial charge in [-0.1, -0.05) is 13.0 Å². The van der Waals surface area contributed by atoms with Crippen LogP contribution >= 0.6 is 0 Å². The number of carbonyl (C=O) groups excluding carboxylic acids is 7. The summed E-state index contributed by atoms with van der Waals surface area (Å²) in [7, 11) is 1.04. The molecule has 0 amide bonds. The van der Waals surface area contributed by atoms with E-state index >= 15 is 0 Å². The van der Waals surface area contributed by atoms with Crippen molar-refractivity contribution < 1.29 is 95.6 Å². The van der Waals surface area contributed by atoms with Crippen molar-refractivity contribution in [2.24, 2.45) is 5.92 Å². The molecule has 1 aliphatic carbocycles. The molecule has 342 valence electrons. The number of benzene rings is 1. The van der Waals surface area contributed by atoms with Crippen molar-refractivity contribution in [2.75, 3.05) is 20.2 Å². The smallest absolute Gasteiger partial charge is 0.339 e. The molecule has 1 aromatic carbocycles. The van der Waals surface area contributed by atoms with E-state index in [1.165, 1.54) is 6.07 Å². The van der Waals surface area contributed by atoms with Crippen LogP contribution in [0.5, 0.6) is 11.5 Å². The third-order valence-electron chi connectivity index (χ3n) is 10.7. The fraction of sp³-hybridized carbons (Fsp3) is 0.659. The van der Waals surface area contributed by atoms with Crippen molar-refractivity contribution >= 4 is 47.8 Å². The van der Waals surface area contributed by atoms with Crippen LogP contribution in [0.4, 0.5) is 0 Å². The Bertz CT molecular complexity index is 1880. The van der Waals surface area contributed by atoms with E-state index in [9.17, 15) is 43.5 Å². The number of nitrogens with zero attached hydrogens (tertiary/aromatic N) is 1. The molecule has 1 N–H and O–H groups in total. The molecule has 1 aromatic rings. The number of fused-ring (bicyclic) bond motifs is 2. The van der Waals surface area contributed by atoms with E-state index in [0.29, 0.717) is 18.4 Å². The van der Waals surface area contributed by atoms with E-state index in [4.69, 9.17) is 52.1 Å². The number of likely N-dealkylation sites (tertiary alicyclic amines) is 1. The zero-order valence-electron chi connectivity index (χ0n) is 35.7. The molecule has 0 spiro atoms. The van der Waals surface area contributed by atoms with Crippen LogP contribution in [0.1, 0.15) is 78.9 Å². The summed E-state index contributed by atoms with van der Waals surface area (Å²) in [5, 5.41) is 10.3. The summed E-state index contributed by atoms with van der Waals surface area (Å²) in [4.78, 5) is 103. The maximum Gasteiger partial charge on any atom is 0.339 e. The molecule has 3 fully saturated rings. The number of carbonyl (C=O) groups is 8. The van der Waals surface area contributed by atoms with Crippen LogP contribution in [-0.4, -0.2) is 145 Å². The van der Waals surface area contributed by atoms with Gasteiger partial charge in [0.25, 0.3) is 0 Å². The molecule has 0 bridgehead atoms. The summed E-state index contributed by atoms with van der Waals surface area (Å²) in [6.07, 6.45) is -14.4. The predicted molar refractivity (Wildman–Crippen MR) is 204 cm³/mol. The number of esters is 7. The van der Waals surface area contributed by atoms with Crippen molar-refractivity contribution in [3.8, 4) is 11.5 Å². The van der Waals surface area contributed by atoms with E-state index in [1.54, 1.807) is 6.07 Å². The fourth-order valence-electron chi connectivity index (χ4n) is 8.57. The van der Waals surface area contributed by atoms with Crippen molar-refractivity contribution in [1.82, 2.24) is 4.90 Å². The van der Waals surface area contributed by atoms with Crippen LogP contribution in [0, 0.1) is 5.92 Å². The number of carboxylic acid groups (broad SMARTS) is 1. The Morgan fingerprint density at radius 2 is 1.15 bits per heavy atom. The highest BCUT2D eigenvalue weighted by atomic mass is 16.8. The molecular formula is C41H53NO20. The SMILES string of the molecule is CCCN1CCC[C@@H]2Cc3c(ccc(O[C@@H]4O[C@H](C(=O)O)[C@@H](OC(C)=O)[C@H](OC(C)=O)[C@H]4OC(C)=O)c3O[C@@H]3O[C@H](C(=O)OC)[C@@H](OC(C)=O)[C@H](OC(C)=O)[C@H]3OC(C)=O)C[C@H]21. The number of hydrogen-bond acceptors (Lipinski definition) is 20. The van der Waals surface area contributed by atoms with E-state index in [-0.39, 0.29) is 23.5 Å². The highest BCUT2D eigenvalue weighted by Gasteiger charge is 2.58. The van der Waals surface area contributed by atoms with Crippen LogP contribution in [0.3, 0.4) is 0 Å². The molecule has 3 saturated heterocycles. The summed E-state index contributed by atoms with van der Waals surface area (Å²) >= 11 is 0. The van der Waals surface area contributed by atoms with Crippen molar-refractivity contribution in [3.05, 3.63) is 23.3 Å². The Labute approximate surface area is 356 Å². The van der Waals surface area contributed by atoms with Gasteiger partial charge in [-0.3, -0.25) is 33.7 Å². The maximum atomic E-state index is 13.3. The number of hydrogen-bond donors (Lipinski definition) is 1. The van der Waals surface area contributed by atoms with Gasteiger partial charge >= 0.3 is 47.8 Å². The average Bonchev–Trinajstić information content (AvgIpc) is 3.17. The van der Waals surface area contributed by atoms with Gasteiger partial charge in [0.1, 0.15) is 0 Å².